The average Bonchev–Trinajstić information content (AvgIpc) is 3.20. The van der Waals surface area contributed by atoms with E-state index in [1.165, 1.54) is 29.2 Å². The maximum Gasteiger partial charge on any atom is 0.490 e. The summed E-state index contributed by atoms with van der Waals surface area (Å²) in [6, 6.07) is 16.4. The molecule has 0 bridgehead atoms. The second kappa shape index (κ2) is 10.4. The molecule has 0 atom stereocenters. The van der Waals surface area contributed by atoms with E-state index < -0.39 is 22.0 Å². The summed E-state index contributed by atoms with van der Waals surface area (Å²) in [6.45, 7) is 2.01. The van der Waals surface area contributed by atoms with E-state index in [-0.39, 0.29) is 15.6 Å². The van der Waals surface area contributed by atoms with Crippen molar-refractivity contribution in [2.45, 2.75) is 27.1 Å². The van der Waals surface area contributed by atoms with Crippen LogP contribution in [0.3, 0.4) is 0 Å². The Labute approximate surface area is 196 Å². The summed E-state index contributed by atoms with van der Waals surface area (Å²) in [4.78, 5) is 9.80. The summed E-state index contributed by atoms with van der Waals surface area (Å²) in [5.41, 5.74) is 8.50. The minimum atomic E-state index is -5.08. The fourth-order valence-electron chi connectivity index (χ4n) is 2.54. The number of amidine groups is 1. The number of hydrogen-bond donors (Lipinski definition) is 3. The summed E-state index contributed by atoms with van der Waals surface area (Å²) >= 11 is 2.57. The predicted molar refractivity (Wildman–Crippen MR) is 123 cm³/mol. The van der Waals surface area contributed by atoms with Crippen LogP contribution in [-0.2, 0) is 14.6 Å². The van der Waals surface area contributed by atoms with Crippen molar-refractivity contribution in [1.29, 1.82) is 5.41 Å². The number of sulfone groups is 1. The number of aryl methyl sites for hydroxylation is 1. The normalized spacial score (nSPS) is 11.4. The van der Waals surface area contributed by atoms with E-state index in [0.29, 0.717) is 9.09 Å². The zero-order chi connectivity index (χ0) is 25.0. The third kappa shape index (κ3) is 6.59. The first-order chi connectivity index (χ1) is 15.3. The zero-order valence-corrected chi connectivity index (χ0v) is 19.8. The Bertz CT molecular complexity index is 1270. The van der Waals surface area contributed by atoms with Crippen LogP contribution in [-0.4, -0.2) is 37.8 Å². The summed E-state index contributed by atoms with van der Waals surface area (Å²) in [7, 11) is -3.70. The van der Waals surface area contributed by atoms with Crippen molar-refractivity contribution in [1.82, 2.24) is 0 Å². The van der Waals surface area contributed by atoms with Crippen LogP contribution in [0.4, 0.5) is 13.2 Å². The topological polar surface area (TPSA) is 121 Å². The van der Waals surface area contributed by atoms with E-state index in [1.807, 2.05) is 43.5 Å². The number of aliphatic carboxylic acids is 1. The maximum absolute atomic E-state index is 13.2. The predicted octanol–water partition coefficient (Wildman–Crippen LogP) is 5.20. The van der Waals surface area contributed by atoms with Gasteiger partial charge >= 0.3 is 12.1 Å². The average molecular weight is 517 g/mol. The molecule has 0 saturated carbocycles. The molecule has 33 heavy (non-hydrogen) atoms. The molecule has 176 valence electrons. The molecule has 3 aromatic rings. The summed E-state index contributed by atoms with van der Waals surface area (Å²) < 4.78 is 58.7. The third-order valence-electron chi connectivity index (χ3n) is 4.18. The molecule has 1 aromatic heterocycles. The van der Waals surface area contributed by atoms with Gasteiger partial charge in [-0.1, -0.05) is 42.0 Å². The van der Waals surface area contributed by atoms with Gasteiger partial charge in [0.1, 0.15) is 5.84 Å². The van der Waals surface area contributed by atoms with Gasteiger partial charge in [-0.05, 0) is 42.5 Å². The number of nitrogens with two attached hydrogens (primary N) is 1. The molecule has 0 aliphatic heterocycles. The van der Waals surface area contributed by atoms with Gasteiger partial charge in [-0.2, -0.15) is 13.2 Å². The molecular weight excluding hydrogens is 497 g/mol. The Hall–Kier alpha value is -2.83. The van der Waals surface area contributed by atoms with Crippen molar-refractivity contribution >= 4 is 44.7 Å². The van der Waals surface area contributed by atoms with Crippen molar-refractivity contribution in [3.63, 3.8) is 0 Å². The molecule has 0 fully saturated rings. The van der Waals surface area contributed by atoms with Gasteiger partial charge in [0.25, 0.3) is 0 Å². The minimum Gasteiger partial charge on any atom is -0.475 e. The smallest absolute Gasteiger partial charge is 0.475 e. The molecule has 0 aliphatic carbocycles. The number of rotatable bonds is 5. The van der Waals surface area contributed by atoms with Crippen LogP contribution in [0.5, 0.6) is 0 Å². The number of nitrogens with one attached hydrogen (secondary N) is 1. The fourth-order valence-corrected chi connectivity index (χ4v) is 6.44. The van der Waals surface area contributed by atoms with Gasteiger partial charge in [0.2, 0.25) is 9.84 Å². The molecule has 4 N–H and O–H groups in total. The van der Waals surface area contributed by atoms with Crippen molar-refractivity contribution in [3.05, 3.63) is 65.0 Å². The van der Waals surface area contributed by atoms with E-state index in [0.717, 1.165) is 16.7 Å². The van der Waals surface area contributed by atoms with Gasteiger partial charge < -0.3 is 10.8 Å². The molecule has 1 heterocycles. The fraction of sp³-hybridized carbons (Fsp3) is 0.143. The summed E-state index contributed by atoms with van der Waals surface area (Å²) in [5.74, 6) is -2.88. The van der Waals surface area contributed by atoms with Gasteiger partial charge in [0, 0.05) is 0 Å². The van der Waals surface area contributed by atoms with Crippen LogP contribution in [0.2, 0.25) is 0 Å². The van der Waals surface area contributed by atoms with Crippen LogP contribution in [0.15, 0.2) is 68.6 Å². The first-order valence-electron chi connectivity index (χ1n) is 9.02. The number of thiophene rings is 1. The number of benzene rings is 2. The van der Waals surface area contributed by atoms with Gasteiger partial charge in [0.15, 0.2) is 0 Å². The summed E-state index contributed by atoms with van der Waals surface area (Å²) in [5, 5.41) is 14.7. The number of thioether (sulfide) groups is 1. The summed E-state index contributed by atoms with van der Waals surface area (Å²) in [6.07, 6.45) is -3.27. The second-order valence-corrected chi connectivity index (χ2v) is 10.6. The van der Waals surface area contributed by atoms with Crippen molar-refractivity contribution in [2.75, 3.05) is 6.26 Å². The number of hydrogen-bond acceptors (Lipinski definition) is 6. The Balaban J connectivity index is 0.000000479. The molecule has 0 amide bonds. The van der Waals surface area contributed by atoms with E-state index in [2.05, 4.69) is 0 Å². The lowest BCUT2D eigenvalue weighted by Gasteiger charge is -2.08. The number of carbonyl (C=O) groups is 1. The van der Waals surface area contributed by atoms with E-state index in [4.69, 9.17) is 21.0 Å². The van der Waals surface area contributed by atoms with Gasteiger partial charge in [-0.3, -0.25) is 5.41 Å². The van der Waals surface area contributed by atoms with E-state index in [1.54, 1.807) is 18.2 Å². The number of carboxylic acids is 1. The highest BCUT2D eigenvalue weighted by Crippen LogP contribution is 2.37. The van der Waals surface area contributed by atoms with Crippen LogP contribution >= 0.6 is 23.1 Å². The quantitative estimate of drug-likeness (QED) is 0.244. The largest absolute Gasteiger partial charge is 0.490 e. The maximum atomic E-state index is 13.2. The highest BCUT2D eigenvalue weighted by atomic mass is 32.2. The molecule has 12 heteroatoms. The molecule has 0 aliphatic rings. The van der Waals surface area contributed by atoms with Crippen molar-refractivity contribution in [2.24, 2.45) is 5.73 Å². The second-order valence-electron chi connectivity index (χ2n) is 6.58. The van der Waals surface area contributed by atoms with Crippen LogP contribution < -0.4 is 5.73 Å². The third-order valence-corrected chi connectivity index (χ3v) is 8.52. The Morgan fingerprint density at radius 3 is 2.15 bits per heavy atom. The van der Waals surface area contributed by atoms with Gasteiger partial charge in [-0.25, -0.2) is 13.2 Å². The number of carboxylic acid groups (broad SMARTS) is 1. The highest BCUT2D eigenvalue weighted by Gasteiger charge is 2.38. The van der Waals surface area contributed by atoms with Gasteiger partial charge in [0.05, 0.1) is 18.9 Å². The molecule has 0 saturated heterocycles. The number of nitrogen functional groups attached to an aromatic ring is 1. The monoisotopic (exact) mass is 516 g/mol. The lowest BCUT2D eigenvalue weighted by molar-refractivity contribution is -0.192. The molecule has 2 aromatic carbocycles. The Morgan fingerprint density at radius 2 is 1.67 bits per heavy atom. The first-order valence-corrected chi connectivity index (χ1v) is 12.5. The molecular formula is C21H19F3N2O4S3. The SMILES string of the molecule is CSc1sc(C(=N)N)cc1S(=O)(=O)c1cccc(-c2ccc(C)cc2)c1.O=C(O)C(F)(F)F. The standard InChI is InChI=1S/C19H18N2O2S3.C2HF3O2/c1-12-6-8-13(9-7-12)14-4-3-5-15(10-14)26(22,23)17-11-16(18(20)21)25-19(17)24-2;3-2(4,5)1(6)7/h3-11H,1-2H3,(H3,20,21);(H,6,7). The lowest BCUT2D eigenvalue weighted by Crippen LogP contribution is -2.21. The van der Waals surface area contributed by atoms with Gasteiger partial charge in [-0.15, -0.1) is 23.1 Å². The molecule has 0 spiro atoms. The van der Waals surface area contributed by atoms with E-state index >= 15 is 0 Å². The Kier molecular flexibility index (Phi) is 8.33. The van der Waals surface area contributed by atoms with E-state index in [9.17, 15) is 21.6 Å². The number of alkyl halides is 3. The molecule has 3 rings (SSSR count). The number of halogens is 3. The highest BCUT2D eigenvalue weighted by molar-refractivity contribution is 8.01. The van der Waals surface area contributed by atoms with Crippen LogP contribution in [0.25, 0.3) is 11.1 Å². The first kappa shape index (κ1) is 26.4. The Morgan fingerprint density at radius 1 is 1.09 bits per heavy atom. The van der Waals surface area contributed by atoms with Crippen molar-refractivity contribution in [3.8, 4) is 11.1 Å². The van der Waals surface area contributed by atoms with Crippen LogP contribution in [0, 0.1) is 12.3 Å². The molecule has 6 nitrogen and oxygen atoms in total. The van der Waals surface area contributed by atoms with Crippen LogP contribution in [0.1, 0.15) is 10.4 Å². The molecule has 0 radical (unpaired) electrons. The zero-order valence-electron chi connectivity index (χ0n) is 17.3. The lowest BCUT2D eigenvalue weighted by atomic mass is 10.0. The minimum absolute atomic E-state index is 0.125. The van der Waals surface area contributed by atoms with Crippen molar-refractivity contribution < 1.29 is 31.5 Å². The molecule has 0 unspecified atom stereocenters.